The highest BCUT2D eigenvalue weighted by Crippen LogP contribution is 2.16. The van der Waals surface area contributed by atoms with Crippen LogP contribution in [-0.2, 0) is 6.54 Å². The fourth-order valence-electron chi connectivity index (χ4n) is 1.32. The molecule has 0 unspecified atom stereocenters. The summed E-state index contributed by atoms with van der Waals surface area (Å²) in [7, 11) is 1.72. The van der Waals surface area contributed by atoms with Crippen LogP contribution in [0.25, 0.3) is 5.57 Å². The number of nitrogens with two attached hydrogens (primary N) is 2. The minimum atomic E-state index is 0.505. The van der Waals surface area contributed by atoms with Gasteiger partial charge in [-0.2, -0.15) is 0 Å². The Bertz CT molecular complexity index is 353. The van der Waals surface area contributed by atoms with E-state index in [0.717, 1.165) is 16.7 Å². The number of aliphatic imine (C=N–C) groups is 1. The van der Waals surface area contributed by atoms with Crippen molar-refractivity contribution in [2.24, 2.45) is 16.5 Å². The fourth-order valence-corrected chi connectivity index (χ4v) is 1.32. The second kappa shape index (κ2) is 5.19. The topological polar surface area (TPSA) is 64.4 Å². The minimum absolute atomic E-state index is 0.505. The van der Waals surface area contributed by atoms with Gasteiger partial charge in [-0.05, 0) is 11.1 Å². The van der Waals surface area contributed by atoms with Gasteiger partial charge in [-0.1, -0.05) is 24.3 Å². The summed E-state index contributed by atoms with van der Waals surface area (Å²) >= 11 is 0. The summed E-state index contributed by atoms with van der Waals surface area (Å²) in [5.74, 6) is 0. The summed E-state index contributed by atoms with van der Waals surface area (Å²) in [5.41, 5.74) is 14.2. The van der Waals surface area contributed by atoms with Crippen LogP contribution in [0.15, 0.2) is 35.5 Å². The molecule has 0 bridgehead atoms. The van der Waals surface area contributed by atoms with E-state index in [9.17, 15) is 0 Å². The van der Waals surface area contributed by atoms with Gasteiger partial charge in [-0.25, -0.2) is 0 Å². The molecule has 4 N–H and O–H groups in total. The van der Waals surface area contributed by atoms with Crippen molar-refractivity contribution in [3.8, 4) is 0 Å². The quantitative estimate of drug-likeness (QED) is 0.700. The normalized spacial score (nSPS) is 12.3. The highest BCUT2D eigenvalue weighted by atomic mass is 14.6. The second-order valence-corrected chi connectivity index (χ2v) is 2.87. The van der Waals surface area contributed by atoms with Crippen LogP contribution >= 0.6 is 0 Å². The second-order valence-electron chi connectivity index (χ2n) is 2.87. The van der Waals surface area contributed by atoms with Crippen molar-refractivity contribution in [1.82, 2.24) is 0 Å². The number of hydrogen-bond donors (Lipinski definition) is 2. The lowest BCUT2D eigenvalue weighted by atomic mass is 10.0. The van der Waals surface area contributed by atoms with Gasteiger partial charge in [-0.3, -0.25) is 4.99 Å². The van der Waals surface area contributed by atoms with Crippen molar-refractivity contribution < 1.29 is 0 Å². The Kier molecular flexibility index (Phi) is 3.88. The first-order valence-electron chi connectivity index (χ1n) is 4.46. The Morgan fingerprint density at radius 3 is 2.71 bits per heavy atom. The number of nitrogens with zero attached hydrogens (tertiary/aromatic N) is 1. The van der Waals surface area contributed by atoms with E-state index in [4.69, 9.17) is 11.5 Å². The predicted molar refractivity (Wildman–Crippen MR) is 60.9 cm³/mol. The minimum Gasteiger partial charge on any atom is -0.404 e. The molecule has 0 aromatic heterocycles. The zero-order valence-corrected chi connectivity index (χ0v) is 8.27. The zero-order chi connectivity index (χ0) is 10.4. The van der Waals surface area contributed by atoms with Crippen LogP contribution in [-0.4, -0.2) is 13.3 Å². The summed E-state index contributed by atoms with van der Waals surface area (Å²) in [6.07, 6.45) is 3.27. The van der Waals surface area contributed by atoms with E-state index in [1.165, 1.54) is 0 Å². The molecule has 0 amide bonds. The van der Waals surface area contributed by atoms with E-state index in [2.05, 4.69) is 4.99 Å². The number of hydrogen-bond acceptors (Lipinski definition) is 3. The van der Waals surface area contributed by atoms with Gasteiger partial charge in [-0.15, -0.1) is 0 Å². The largest absolute Gasteiger partial charge is 0.404 e. The van der Waals surface area contributed by atoms with Crippen molar-refractivity contribution in [2.45, 2.75) is 6.54 Å². The molecule has 0 saturated carbocycles. The van der Waals surface area contributed by atoms with Crippen molar-refractivity contribution in [3.63, 3.8) is 0 Å². The molecule has 0 atom stereocenters. The summed E-state index contributed by atoms with van der Waals surface area (Å²) in [6, 6.07) is 7.90. The van der Waals surface area contributed by atoms with E-state index in [-0.39, 0.29) is 0 Å². The van der Waals surface area contributed by atoms with Crippen LogP contribution in [0.4, 0.5) is 0 Å². The first kappa shape index (κ1) is 10.5. The smallest absolute Gasteiger partial charge is 0.0301 e. The molecule has 0 aliphatic heterocycles. The van der Waals surface area contributed by atoms with Gasteiger partial charge >= 0.3 is 0 Å². The summed E-state index contributed by atoms with van der Waals surface area (Å²) in [5, 5.41) is 0. The SMILES string of the molecule is CN=C/C(=C\N)c1ccccc1CN. The van der Waals surface area contributed by atoms with E-state index in [1.54, 1.807) is 19.5 Å². The first-order chi connectivity index (χ1) is 6.83. The maximum absolute atomic E-state index is 5.63. The molecule has 0 spiro atoms. The Balaban J connectivity index is 3.16. The van der Waals surface area contributed by atoms with Gasteiger partial charge in [0.15, 0.2) is 0 Å². The molecule has 0 fully saturated rings. The van der Waals surface area contributed by atoms with Crippen LogP contribution in [0, 0.1) is 0 Å². The third-order valence-electron chi connectivity index (χ3n) is 2.00. The standard InChI is InChI=1S/C11H15N3/c1-14-8-10(7-13)11-5-3-2-4-9(11)6-12/h2-5,7-8H,6,12-13H2,1H3/b10-7+,14-8?. The molecule has 74 valence electrons. The molecule has 1 aromatic carbocycles. The first-order valence-corrected chi connectivity index (χ1v) is 4.46. The molecule has 0 saturated heterocycles. The van der Waals surface area contributed by atoms with Crippen LogP contribution in [0.2, 0.25) is 0 Å². The summed E-state index contributed by atoms with van der Waals surface area (Å²) in [4.78, 5) is 3.94. The lowest BCUT2D eigenvalue weighted by molar-refractivity contribution is 1.06. The molecule has 0 aliphatic rings. The maximum Gasteiger partial charge on any atom is 0.0301 e. The van der Waals surface area contributed by atoms with Crippen molar-refractivity contribution in [1.29, 1.82) is 0 Å². The third-order valence-corrected chi connectivity index (χ3v) is 2.00. The van der Waals surface area contributed by atoms with Crippen molar-refractivity contribution >= 4 is 11.8 Å². The summed E-state index contributed by atoms with van der Waals surface area (Å²) in [6.45, 7) is 0.505. The van der Waals surface area contributed by atoms with E-state index in [1.807, 2.05) is 24.3 Å². The van der Waals surface area contributed by atoms with E-state index >= 15 is 0 Å². The van der Waals surface area contributed by atoms with E-state index < -0.39 is 0 Å². The Labute approximate surface area is 84.1 Å². The molecule has 0 aliphatic carbocycles. The van der Waals surface area contributed by atoms with Gasteiger partial charge in [0, 0.05) is 31.6 Å². The maximum atomic E-state index is 5.63. The fraction of sp³-hybridized carbons (Fsp3) is 0.182. The van der Waals surface area contributed by atoms with Crippen LogP contribution in [0.1, 0.15) is 11.1 Å². The van der Waals surface area contributed by atoms with Crippen LogP contribution in [0.5, 0.6) is 0 Å². The molecule has 14 heavy (non-hydrogen) atoms. The monoisotopic (exact) mass is 189 g/mol. The molecule has 1 aromatic rings. The average Bonchev–Trinajstić information content (AvgIpc) is 2.26. The highest BCUT2D eigenvalue weighted by molar-refractivity contribution is 6.10. The molecule has 3 heteroatoms. The lowest BCUT2D eigenvalue weighted by Gasteiger charge is -2.06. The van der Waals surface area contributed by atoms with Crippen LogP contribution < -0.4 is 11.5 Å². The number of allylic oxidation sites excluding steroid dienone is 1. The van der Waals surface area contributed by atoms with Crippen molar-refractivity contribution in [2.75, 3.05) is 7.05 Å². The zero-order valence-electron chi connectivity index (χ0n) is 8.27. The Morgan fingerprint density at radius 1 is 1.43 bits per heavy atom. The van der Waals surface area contributed by atoms with Gasteiger partial charge in [0.1, 0.15) is 0 Å². The molecule has 0 radical (unpaired) electrons. The summed E-state index contributed by atoms with van der Waals surface area (Å²) < 4.78 is 0. The highest BCUT2D eigenvalue weighted by Gasteiger charge is 2.02. The van der Waals surface area contributed by atoms with E-state index in [0.29, 0.717) is 6.54 Å². The lowest BCUT2D eigenvalue weighted by Crippen LogP contribution is -2.02. The van der Waals surface area contributed by atoms with Crippen LogP contribution in [0.3, 0.4) is 0 Å². The third kappa shape index (κ3) is 2.20. The Morgan fingerprint density at radius 2 is 2.14 bits per heavy atom. The number of rotatable bonds is 3. The molecule has 3 nitrogen and oxygen atoms in total. The average molecular weight is 189 g/mol. The van der Waals surface area contributed by atoms with Gasteiger partial charge in [0.25, 0.3) is 0 Å². The van der Waals surface area contributed by atoms with Gasteiger partial charge < -0.3 is 11.5 Å². The van der Waals surface area contributed by atoms with Crippen molar-refractivity contribution in [3.05, 3.63) is 41.6 Å². The molecular weight excluding hydrogens is 174 g/mol. The molecular formula is C11H15N3. The Hall–Kier alpha value is -1.61. The van der Waals surface area contributed by atoms with Gasteiger partial charge in [0.2, 0.25) is 0 Å². The molecule has 1 rings (SSSR count). The number of benzene rings is 1. The predicted octanol–water partition coefficient (Wildman–Crippen LogP) is 1.15. The molecule has 0 heterocycles. The van der Waals surface area contributed by atoms with Gasteiger partial charge in [0.05, 0.1) is 0 Å².